The molecule has 0 saturated carbocycles. The molecule has 160 valence electrons. The van der Waals surface area contributed by atoms with Crippen LogP contribution >= 0.6 is 24.0 Å². The minimum absolute atomic E-state index is 0. The lowest BCUT2D eigenvalue weighted by atomic mass is 10.1. The van der Waals surface area contributed by atoms with Crippen molar-refractivity contribution in [1.82, 2.24) is 10.6 Å². The van der Waals surface area contributed by atoms with Crippen LogP contribution in [-0.4, -0.2) is 44.9 Å². The highest BCUT2D eigenvalue weighted by molar-refractivity contribution is 14.0. The summed E-state index contributed by atoms with van der Waals surface area (Å²) in [6.45, 7) is 4.88. The minimum atomic E-state index is 0. The van der Waals surface area contributed by atoms with E-state index >= 15 is 0 Å². The number of phenols is 1. The van der Waals surface area contributed by atoms with Crippen molar-refractivity contribution in [2.75, 3.05) is 33.9 Å². The van der Waals surface area contributed by atoms with E-state index in [1.807, 2.05) is 30.3 Å². The Kier molecular flexibility index (Phi) is 12.1. The van der Waals surface area contributed by atoms with E-state index < -0.39 is 0 Å². The molecule has 2 rings (SSSR count). The molecule has 0 heterocycles. The van der Waals surface area contributed by atoms with Crippen molar-refractivity contribution in [1.29, 1.82) is 0 Å². The molecule has 29 heavy (non-hydrogen) atoms. The molecule has 2 aromatic carbocycles. The third kappa shape index (κ3) is 9.36. The van der Waals surface area contributed by atoms with Crippen LogP contribution in [0.15, 0.2) is 53.5 Å². The number of hydrogen-bond donors (Lipinski definition) is 3. The zero-order chi connectivity index (χ0) is 20.2. The molecule has 0 aliphatic rings. The van der Waals surface area contributed by atoms with E-state index in [2.05, 4.69) is 34.7 Å². The summed E-state index contributed by atoms with van der Waals surface area (Å²) in [5.74, 6) is 1.99. The number of nitrogens with one attached hydrogen (secondary N) is 2. The van der Waals surface area contributed by atoms with Gasteiger partial charge in [0.25, 0.3) is 0 Å². The Hall–Kier alpha value is -2.00. The molecule has 1 unspecified atom stereocenters. The standard InChI is InChI=1S/C22H31N3O3.HI/c1-17(15-28-16-18-7-5-4-6-8-18)14-25-22(23-2)24-12-11-19-9-10-20(27-3)13-21(19)26;/h4-10,13,17,26H,11-12,14-16H2,1-3H3,(H2,23,24,25);1H. The second kappa shape index (κ2) is 14.1. The molecule has 0 bridgehead atoms. The first-order valence-corrected chi connectivity index (χ1v) is 9.54. The van der Waals surface area contributed by atoms with Gasteiger partial charge in [0.2, 0.25) is 0 Å². The van der Waals surface area contributed by atoms with Crippen LogP contribution in [-0.2, 0) is 17.8 Å². The summed E-state index contributed by atoms with van der Waals surface area (Å²) >= 11 is 0. The number of ether oxygens (including phenoxy) is 2. The molecule has 0 saturated heterocycles. The quantitative estimate of drug-likeness (QED) is 0.257. The van der Waals surface area contributed by atoms with Crippen LogP contribution in [0.4, 0.5) is 0 Å². The van der Waals surface area contributed by atoms with Gasteiger partial charge in [0.1, 0.15) is 11.5 Å². The lowest BCUT2D eigenvalue weighted by molar-refractivity contribution is 0.0931. The highest BCUT2D eigenvalue weighted by Gasteiger charge is 2.06. The molecule has 0 radical (unpaired) electrons. The van der Waals surface area contributed by atoms with Crippen molar-refractivity contribution in [3.8, 4) is 11.5 Å². The van der Waals surface area contributed by atoms with Gasteiger partial charge in [-0.25, -0.2) is 0 Å². The SMILES string of the molecule is CN=C(NCCc1ccc(OC)cc1O)NCC(C)COCc1ccccc1.I. The first-order chi connectivity index (χ1) is 13.6. The summed E-state index contributed by atoms with van der Waals surface area (Å²) in [5.41, 5.74) is 2.05. The maximum atomic E-state index is 10.0. The number of methoxy groups -OCH3 is 1. The molecule has 0 spiro atoms. The minimum Gasteiger partial charge on any atom is -0.508 e. The Morgan fingerprint density at radius 3 is 2.55 bits per heavy atom. The van der Waals surface area contributed by atoms with Crippen LogP contribution in [0.1, 0.15) is 18.1 Å². The largest absolute Gasteiger partial charge is 0.508 e. The summed E-state index contributed by atoms with van der Waals surface area (Å²) in [4.78, 5) is 4.24. The maximum Gasteiger partial charge on any atom is 0.190 e. The number of rotatable bonds is 10. The molecule has 7 heteroatoms. The Bertz CT molecular complexity index is 741. The maximum absolute atomic E-state index is 10.0. The first kappa shape index (κ1) is 25.0. The van der Waals surface area contributed by atoms with Gasteiger partial charge in [0.15, 0.2) is 5.96 Å². The second-order valence-electron chi connectivity index (χ2n) is 6.73. The van der Waals surface area contributed by atoms with Crippen molar-refractivity contribution in [2.24, 2.45) is 10.9 Å². The van der Waals surface area contributed by atoms with Crippen molar-refractivity contribution in [2.45, 2.75) is 20.0 Å². The lowest BCUT2D eigenvalue weighted by Crippen LogP contribution is -2.40. The van der Waals surface area contributed by atoms with Gasteiger partial charge in [0, 0.05) is 26.2 Å². The van der Waals surface area contributed by atoms with E-state index in [1.165, 1.54) is 5.56 Å². The summed E-state index contributed by atoms with van der Waals surface area (Å²) in [6.07, 6.45) is 0.687. The van der Waals surface area contributed by atoms with Gasteiger partial charge in [-0.05, 0) is 29.5 Å². The molecular weight excluding hydrogens is 481 g/mol. The van der Waals surface area contributed by atoms with Crippen LogP contribution in [0.25, 0.3) is 0 Å². The normalized spacial score (nSPS) is 12.0. The molecular formula is C22H32IN3O3. The van der Waals surface area contributed by atoms with Crippen molar-refractivity contribution >= 4 is 29.9 Å². The average Bonchev–Trinajstić information content (AvgIpc) is 2.72. The van der Waals surface area contributed by atoms with Crippen LogP contribution in [0.5, 0.6) is 11.5 Å². The fourth-order valence-corrected chi connectivity index (χ4v) is 2.70. The van der Waals surface area contributed by atoms with E-state index in [-0.39, 0.29) is 29.7 Å². The van der Waals surface area contributed by atoms with Crippen molar-refractivity contribution < 1.29 is 14.6 Å². The summed E-state index contributed by atoms with van der Waals surface area (Å²) in [7, 11) is 3.33. The van der Waals surface area contributed by atoms with Gasteiger partial charge in [-0.3, -0.25) is 4.99 Å². The number of nitrogens with zero attached hydrogens (tertiary/aromatic N) is 1. The number of halogens is 1. The van der Waals surface area contributed by atoms with E-state index in [4.69, 9.17) is 9.47 Å². The lowest BCUT2D eigenvalue weighted by Gasteiger charge is -2.16. The van der Waals surface area contributed by atoms with Gasteiger partial charge >= 0.3 is 0 Å². The van der Waals surface area contributed by atoms with Gasteiger partial charge in [-0.15, -0.1) is 24.0 Å². The smallest absolute Gasteiger partial charge is 0.190 e. The van der Waals surface area contributed by atoms with E-state index in [1.54, 1.807) is 20.2 Å². The average molecular weight is 513 g/mol. The second-order valence-corrected chi connectivity index (χ2v) is 6.73. The van der Waals surface area contributed by atoms with Gasteiger partial charge in [0.05, 0.1) is 20.3 Å². The Morgan fingerprint density at radius 2 is 1.90 bits per heavy atom. The third-order valence-corrected chi connectivity index (χ3v) is 4.33. The van der Waals surface area contributed by atoms with Crippen molar-refractivity contribution in [3.05, 3.63) is 59.7 Å². The summed E-state index contributed by atoms with van der Waals surface area (Å²) in [5, 5.41) is 16.6. The monoisotopic (exact) mass is 513 g/mol. The fourth-order valence-electron chi connectivity index (χ4n) is 2.70. The molecule has 6 nitrogen and oxygen atoms in total. The zero-order valence-electron chi connectivity index (χ0n) is 17.4. The molecule has 0 aliphatic carbocycles. The molecule has 0 amide bonds. The van der Waals surface area contributed by atoms with Crippen LogP contribution in [0, 0.1) is 5.92 Å². The molecule has 3 N–H and O–H groups in total. The topological polar surface area (TPSA) is 75.1 Å². The van der Waals surface area contributed by atoms with Gasteiger partial charge in [-0.2, -0.15) is 0 Å². The van der Waals surface area contributed by atoms with Gasteiger partial charge < -0.3 is 25.2 Å². The van der Waals surface area contributed by atoms with Crippen LogP contribution in [0.2, 0.25) is 0 Å². The Labute approximate surface area is 190 Å². The van der Waals surface area contributed by atoms with Crippen LogP contribution in [0.3, 0.4) is 0 Å². The van der Waals surface area contributed by atoms with Crippen LogP contribution < -0.4 is 15.4 Å². The molecule has 1 atom stereocenters. The van der Waals surface area contributed by atoms with E-state index in [0.717, 1.165) is 18.1 Å². The van der Waals surface area contributed by atoms with Gasteiger partial charge in [-0.1, -0.05) is 43.3 Å². The number of benzene rings is 2. The Balaban J connectivity index is 0.00000420. The molecule has 0 fully saturated rings. The van der Waals surface area contributed by atoms with Crippen molar-refractivity contribution in [3.63, 3.8) is 0 Å². The molecule has 0 aromatic heterocycles. The number of hydrogen-bond acceptors (Lipinski definition) is 4. The number of aliphatic imine (C=N–C) groups is 1. The third-order valence-electron chi connectivity index (χ3n) is 4.33. The highest BCUT2D eigenvalue weighted by atomic mass is 127. The van der Waals surface area contributed by atoms with E-state index in [0.29, 0.717) is 37.8 Å². The molecule has 0 aliphatic heterocycles. The number of phenolic OH excluding ortho intramolecular Hbond substituents is 1. The fraction of sp³-hybridized carbons (Fsp3) is 0.409. The number of guanidine groups is 1. The summed E-state index contributed by atoms with van der Waals surface area (Å²) in [6, 6.07) is 15.5. The predicted molar refractivity (Wildman–Crippen MR) is 128 cm³/mol. The predicted octanol–water partition coefficient (Wildman–Crippen LogP) is 3.58. The molecule has 2 aromatic rings. The summed E-state index contributed by atoms with van der Waals surface area (Å²) < 4.78 is 10.9. The highest BCUT2D eigenvalue weighted by Crippen LogP contribution is 2.23. The van der Waals surface area contributed by atoms with E-state index in [9.17, 15) is 5.11 Å². The first-order valence-electron chi connectivity index (χ1n) is 9.54. The number of aromatic hydroxyl groups is 1. The Morgan fingerprint density at radius 1 is 1.14 bits per heavy atom. The zero-order valence-corrected chi connectivity index (χ0v) is 19.7.